The first-order valence-electron chi connectivity index (χ1n) is 4.41. The van der Waals surface area contributed by atoms with Crippen LogP contribution in [0.4, 0.5) is 8.78 Å². The summed E-state index contributed by atoms with van der Waals surface area (Å²) >= 11 is 3.32. The molecule has 0 N–H and O–H groups in total. The summed E-state index contributed by atoms with van der Waals surface area (Å²) in [6, 6.07) is 5.16. The molecule has 1 saturated carbocycles. The molecule has 0 aliphatic heterocycles. The monoisotopic (exact) mass is 262 g/mol. The van der Waals surface area contributed by atoms with Crippen molar-refractivity contribution in [3.8, 4) is 5.75 Å². The van der Waals surface area contributed by atoms with E-state index in [9.17, 15) is 8.78 Å². The van der Waals surface area contributed by atoms with Gasteiger partial charge in [0, 0.05) is 4.47 Å². The fourth-order valence-corrected chi connectivity index (χ4v) is 1.81. The van der Waals surface area contributed by atoms with Gasteiger partial charge in [-0.05, 0) is 42.5 Å². The third kappa shape index (κ3) is 2.23. The van der Waals surface area contributed by atoms with Gasteiger partial charge in [-0.3, -0.25) is 0 Å². The van der Waals surface area contributed by atoms with Crippen LogP contribution in [-0.4, -0.2) is 6.61 Å². The Balaban J connectivity index is 2.27. The standard InChI is InChI=1S/C10H9BrF2O/c11-7-3-4-9(14-10(12)13)8(5-7)6-1-2-6/h3-6,10H,1-2H2. The summed E-state index contributed by atoms with van der Waals surface area (Å²) in [5.74, 6) is 0.715. The highest BCUT2D eigenvalue weighted by atomic mass is 79.9. The summed E-state index contributed by atoms with van der Waals surface area (Å²) in [4.78, 5) is 0. The molecule has 2 rings (SSSR count). The number of ether oxygens (including phenoxy) is 1. The predicted molar refractivity (Wildman–Crippen MR) is 52.7 cm³/mol. The summed E-state index contributed by atoms with van der Waals surface area (Å²) in [5.41, 5.74) is 0.889. The van der Waals surface area contributed by atoms with Gasteiger partial charge in [0.15, 0.2) is 0 Å². The van der Waals surface area contributed by atoms with Crippen molar-refractivity contribution in [2.24, 2.45) is 0 Å². The first kappa shape index (κ1) is 9.90. The molecule has 0 unspecified atom stereocenters. The van der Waals surface area contributed by atoms with Gasteiger partial charge in [-0.2, -0.15) is 8.78 Å². The number of hydrogen-bond acceptors (Lipinski definition) is 1. The Kier molecular flexibility index (Phi) is 2.72. The predicted octanol–water partition coefficient (Wildman–Crippen LogP) is 3.93. The maximum Gasteiger partial charge on any atom is 0.387 e. The third-order valence-corrected chi connectivity index (χ3v) is 2.70. The van der Waals surface area contributed by atoms with Crippen LogP contribution < -0.4 is 4.74 Å². The molecule has 0 aromatic heterocycles. The van der Waals surface area contributed by atoms with Gasteiger partial charge in [0.1, 0.15) is 5.75 Å². The highest BCUT2D eigenvalue weighted by Crippen LogP contribution is 2.45. The molecular formula is C10H9BrF2O. The highest BCUT2D eigenvalue weighted by Gasteiger charge is 2.27. The van der Waals surface area contributed by atoms with Crippen molar-refractivity contribution in [3.63, 3.8) is 0 Å². The normalized spacial score (nSPS) is 16.0. The first-order chi connectivity index (χ1) is 6.66. The van der Waals surface area contributed by atoms with Crippen LogP contribution in [0, 0.1) is 0 Å². The minimum atomic E-state index is -2.74. The second kappa shape index (κ2) is 3.85. The van der Waals surface area contributed by atoms with E-state index in [1.165, 1.54) is 0 Å². The Bertz CT molecular complexity index is 337. The van der Waals surface area contributed by atoms with Gasteiger partial charge in [0.05, 0.1) is 0 Å². The van der Waals surface area contributed by atoms with Crippen molar-refractivity contribution in [1.29, 1.82) is 0 Å². The molecule has 0 saturated heterocycles. The molecule has 1 fully saturated rings. The van der Waals surface area contributed by atoms with Crippen LogP contribution in [0.15, 0.2) is 22.7 Å². The summed E-state index contributed by atoms with van der Waals surface area (Å²) < 4.78 is 29.5. The Hall–Kier alpha value is -0.640. The second-order valence-electron chi connectivity index (χ2n) is 3.33. The van der Waals surface area contributed by atoms with Crippen LogP contribution in [0.1, 0.15) is 24.3 Å². The van der Waals surface area contributed by atoms with Crippen molar-refractivity contribution < 1.29 is 13.5 Å². The van der Waals surface area contributed by atoms with Gasteiger partial charge in [-0.1, -0.05) is 15.9 Å². The van der Waals surface area contributed by atoms with Gasteiger partial charge >= 0.3 is 6.61 Å². The van der Waals surface area contributed by atoms with Crippen LogP contribution >= 0.6 is 15.9 Å². The fraction of sp³-hybridized carbons (Fsp3) is 0.400. The molecule has 1 aliphatic carbocycles. The molecule has 1 aromatic carbocycles. The lowest BCUT2D eigenvalue weighted by Gasteiger charge is -2.10. The topological polar surface area (TPSA) is 9.23 Å². The van der Waals surface area contributed by atoms with Gasteiger partial charge in [-0.15, -0.1) is 0 Å². The second-order valence-corrected chi connectivity index (χ2v) is 4.25. The maximum atomic E-state index is 12.1. The average Bonchev–Trinajstić information content (AvgIpc) is 2.90. The first-order valence-corrected chi connectivity index (χ1v) is 5.20. The number of hydrogen-bond donors (Lipinski definition) is 0. The molecule has 0 bridgehead atoms. The largest absolute Gasteiger partial charge is 0.435 e. The molecule has 1 aromatic rings. The van der Waals surface area contributed by atoms with Crippen LogP contribution in [-0.2, 0) is 0 Å². The van der Waals surface area contributed by atoms with Gasteiger partial charge in [0.25, 0.3) is 0 Å². The van der Waals surface area contributed by atoms with Gasteiger partial charge < -0.3 is 4.74 Å². The van der Waals surface area contributed by atoms with Crippen LogP contribution in [0.2, 0.25) is 0 Å². The zero-order valence-electron chi connectivity index (χ0n) is 7.34. The van der Waals surface area contributed by atoms with Crippen molar-refractivity contribution >= 4 is 15.9 Å². The lowest BCUT2D eigenvalue weighted by Crippen LogP contribution is -2.03. The van der Waals surface area contributed by atoms with Crippen LogP contribution in [0.25, 0.3) is 0 Å². The fourth-order valence-electron chi connectivity index (χ4n) is 1.44. The van der Waals surface area contributed by atoms with E-state index >= 15 is 0 Å². The summed E-state index contributed by atoms with van der Waals surface area (Å²) in [5, 5.41) is 0. The molecule has 1 nitrogen and oxygen atoms in total. The molecule has 0 radical (unpaired) electrons. The lowest BCUT2D eigenvalue weighted by atomic mass is 10.1. The molecule has 4 heteroatoms. The van der Waals surface area contributed by atoms with E-state index in [0.29, 0.717) is 11.7 Å². The van der Waals surface area contributed by atoms with Crippen molar-refractivity contribution in [3.05, 3.63) is 28.2 Å². The quantitative estimate of drug-likeness (QED) is 0.802. The molecule has 1 aliphatic rings. The zero-order chi connectivity index (χ0) is 10.1. The minimum Gasteiger partial charge on any atom is -0.435 e. The Morgan fingerprint density at radius 3 is 2.64 bits per heavy atom. The number of halogens is 3. The van der Waals surface area contributed by atoms with E-state index in [0.717, 1.165) is 22.9 Å². The SMILES string of the molecule is FC(F)Oc1ccc(Br)cc1C1CC1. The number of rotatable bonds is 3. The molecule has 0 amide bonds. The summed E-state index contributed by atoms with van der Waals surface area (Å²) in [6.45, 7) is -2.74. The van der Waals surface area contributed by atoms with Gasteiger partial charge in [0.2, 0.25) is 0 Å². The molecule has 0 spiro atoms. The Morgan fingerprint density at radius 2 is 2.07 bits per heavy atom. The van der Waals surface area contributed by atoms with Crippen molar-refractivity contribution in [2.75, 3.05) is 0 Å². The van der Waals surface area contributed by atoms with E-state index in [1.807, 2.05) is 6.07 Å². The summed E-state index contributed by atoms with van der Waals surface area (Å²) in [6.07, 6.45) is 2.13. The van der Waals surface area contributed by atoms with Crippen molar-refractivity contribution in [1.82, 2.24) is 0 Å². The van der Waals surface area contributed by atoms with E-state index in [-0.39, 0.29) is 0 Å². The number of alkyl halides is 2. The minimum absolute atomic E-state index is 0.311. The Labute approximate surface area is 89.2 Å². The Morgan fingerprint density at radius 1 is 1.36 bits per heavy atom. The molecule has 14 heavy (non-hydrogen) atoms. The average molecular weight is 263 g/mol. The molecule has 0 atom stereocenters. The van der Waals surface area contributed by atoms with E-state index in [4.69, 9.17) is 0 Å². The smallest absolute Gasteiger partial charge is 0.387 e. The lowest BCUT2D eigenvalue weighted by molar-refractivity contribution is -0.0504. The van der Waals surface area contributed by atoms with Crippen molar-refractivity contribution in [2.45, 2.75) is 25.4 Å². The van der Waals surface area contributed by atoms with Gasteiger partial charge in [-0.25, -0.2) is 0 Å². The van der Waals surface area contributed by atoms with E-state index in [1.54, 1.807) is 12.1 Å². The molecule has 76 valence electrons. The number of benzene rings is 1. The van der Waals surface area contributed by atoms with Crippen LogP contribution in [0.3, 0.4) is 0 Å². The van der Waals surface area contributed by atoms with E-state index in [2.05, 4.69) is 20.7 Å². The third-order valence-electron chi connectivity index (χ3n) is 2.21. The van der Waals surface area contributed by atoms with Crippen LogP contribution in [0.5, 0.6) is 5.75 Å². The summed E-state index contributed by atoms with van der Waals surface area (Å²) in [7, 11) is 0. The zero-order valence-corrected chi connectivity index (χ0v) is 8.93. The highest BCUT2D eigenvalue weighted by molar-refractivity contribution is 9.10. The van der Waals surface area contributed by atoms with E-state index < -0.39 is 6.61 Å². The molecule has 0 heterocycles. The maximum absolute atomic E-state index is 12.1. The molecular weight excluding hydrogens is 254 g/mol.